The number of terminal acetylenes is 1. The van der Waals surface area contributed by atoms with E-state index in [1.807, 2.05) is 5.92 Å². The molecule has 15 heavy (non-hydrogen) atoms. The lowest BCUT2D eigenvalue weighted by Gasteiger charge is -2.35. The molecule has 1 amide bonds. The van der Waals surface area contributed by atoms with E-state index in [-0.39, 0.29) is 0 Å². The number of hydrogen-bond donors (Lipinski definition) is 2. The number of hydrogen-bond acceptors (Lipinski definition) is 2. The highest BCUT2D eigenvalue weighted by atomic mass is 16.4. The van der Waals surface area contributed by atoms with Crippen LogP contribution in [-0.4, -0.2) is 22.5 Å². The lowest BCUT2D eigenvalue weighted by molar-refractivity contribution is -0.148. The summed E-state index contributed by atoms with van der Waals surface area (Å²) < 4.78 is 0. The molecule has 0 aromatic rings. The fourth-order valence-corrected chi connectivity index (χ4v) is 1.90. The van der Waals surface area contributed by atoms with Gasteiger partial charge in [-0.15, -0.1) is 6.42 Å². The number of carboxylic acids is 1. The van der Waals surface area contributed by atoms with Crippen LogP contribution in [0.4, 0.5) is 0 Å². The molecule has 0 saturated heterocycles. The van der Waals surface area contributed by atoms with Crippen molar-refractivity contribution in [2.24, 2.45) is 5.92 Å². The van der Waals surface area contributed by atoms with Gasteiger partial charge < -0.3 is 10.4 Å². The summed E-state index contributed by atoms with van der Waals surface area (Å²) in [5.74, 6) is 0.770. The van der Waals surface area contributed by atoms with E-state index in [1.54, 1.807) is 0 Å². The molecule has 1 rings (SSSR count). The van der Waals surface area contributed by atoms with Crippen LogP contribution in [0.25, 0.3) is 0 Å². The average molecular weight is 209 g/mol. The number of rotatable bonds is 2. The van der Waals surface area contributed by atoms with Gasteiger partial charge in [0.15, 0.2) is 0 Å². The van der Waals surface area contributed by atoms with Gasteiger partial charge in [-0.2, -0.15) is 0 Å². The van der Waals surface area contributed by atoms with Gasteiger partial charge in [0, 0.05) is 0 Å². The van der Waals surface area contributed by atoms with E-state index in [9.17, 15) is 9.59 Å². The maximum Gasteiger partial charge on any atom is 0.329 e. The molecule has 0 aromatic heterocycles. The lowest BCUT2D eigenvalue weighted by atomic mass is 9.77. The molecule has 0 radical (unpaired) electrons. The Labute approximate surface area is 89.0 Å². The molecule has 0 bridgehead atoms. The number of nitrogens with one attached hydrogen (secondary N) is 1. The summed E-state index contributed by atoms with van der Waals surface area (Å²) in [6, 6.07) is 0. The third-order valence-corrected chi connectivity index (χ3v) is 3.02. The molecule has 1 fully saturated rings. The van der Waals surface area contributed by atoms with Crippen LogP contribution in [0.15, 0.2) is 0 Å². The van der Waals surface area contributed by atoms with Crippen molar-refractivity contribution in [3.05, 3.63) is 0 Å². The summed E-state index contributed by atoms with van der Waals surface area (Å²) in [5.41, 5.74) is -1.14. The molecule has 1 aliphatic carbocycles. The molecular formula is C11H15NO3. The number of carboxylic acid groups (broad SMARTS) is 1. The highest BCUT2D eigenvalue weighted by Gasteiger charge is 2.42. The Kier molecular flexibility index (Phi) is 3.35. The van der Waals surface area contributed by atoms with Crippen molar-refractivity contribution in [2.45, 2.75) is 38.1 Å². The standard InChI is InChI=1S/C11H15NO3/c1-3-9(13)12-11(10(14)15)6-4-8(2)5-7-11/h1,8H,4-7H2,2H3,(H,12,13)(H,14,15). The van der Waals surface area contributed by atoms with Gasteiger partial charge in [0.1, 0.15) is 5.54 Å². The third-order valence-electron chi connectivity index (χ3n) is 3.02. The minimum absolute atomic E-state index is 0.455. The molecule has 0 aliphatic heterocycles. The van der Waals surface area contributed by atoms with E-state index in [0.717, 1.165) is 12.8 Å². The number of carbonyl (C=O) groups excluding carboxylic acids is 1. The quantitative estimate of drug-likeness (QED) is 0.660. The van der Waals surface area contributed by atoms with Crippen molar-refractivity contribution in [1.82, 2.24) is 5.32 Å². The van der Waals surface area contributed by atoms with E-state index < -0.39 is 17.4 Å². The normalized spacial score (nSPS) is 30.3. The summed E-state index contributed by atoms with van der Waals surface area (Å²) >= 11 is 0. The first-order valence-corrected chi connectivity index (χ1v) is 5.02. The van der Waals surface area contributed by atoms with Crippen LogP contribution in [0.5, 0.6) is 0 Å². The van der Waals surface area contributed by atoms with E-state index in [1.165, 1.54) is 0 Å². The second-order valence-corrected chi connectivity index (χ2v) is 4.17. The Morgan fingerprint density at radius 3 is 2.40 bits per heavy atom. The zero-order chi connectivity index (χ0) is 11.5. The van der Waals surface area contributed by atoms with Crippen LogP contribution in [0.1, 0.15) is 32.6 Å². The van der Waals surface area contributed by atoms with Gasteiger partial charge in [-0.25, -0.2) is 4.79 Å². The average Bonchev–Trinajstić information content (AvgIpc) is 2.21. The fraction of sp³-hybridized carbons (Fsp3) is 0.636. The molecule has 4 nitrogen and oxygen atoms in total. The maximum absolute atomic E-state index is 11.2. The Hall–Kier alpha value is -1.50. The fourth-order valence-electron chi connectivity index (χ4n) is 1.90. The summed E-state index contributed by atoms with van der Waals surface area (Å²) in [6.07, 6.45) is 7.44. The van der Waals surface area contributed by atoms with Crippen LogP contribution >= 0.6 is 0 Å². The topological polar surface area (TPSA) is 66.4 Å². The van der Waals surface area contributed by atoms with Crippen molar-refractivity contribution >= 4 is 11.9 Å². The van der Waals surface area contributed by atoms with Crippen molar-refractivity contribution in [2.75, 3.05) is 0 Å². The van der Waals surface area contributed by atoms with Gasteiger partial charge in [0.05, 0.1) is 0 Å². The zero-order valence-corrected chi connectivity index (χ0v) is 8.75. The zero-order valence-electron chi connectivity index (χ0n) is 8.75. The Morgan fingerprint density at radius 1 is 1.47 bits per heavy atom. The first-order valence-electron chi connectivity index (χ1n) is 5.02. The first-order chi connectivity index (χ1) is 7.00. The maximum atomic E-state index is 11.2. The number of aliphatic carboxylic acids is 1. The van der Waals surface area contributed by atoms with E-state index >= 15 is 0 Å². The van der Waals surface area contributed by atoms with Crippen LogP contribution in [0.2, 0.25) is 0 Å². The van der Waals surface area contributed by atoms with Crippen molar-refractivity contribution in [3.63, 3.8) is 0 Å². The Morgan fingerprint density at radius 2 is 2.00 bits per heavy atom. The number of carbonyl (C=O) groups is 2. The van der Waals surface area contributed by atoms with Gasteiger partial charge in [-0.05, 0) is 37.5 Å². The predicted octanol–water partition coefficient (Wildman–Crippen LogP) is 0.769. The summed E-state index contributed by atoms with van der Waals surface area (Å²) in [7, 11) is 0. The van der Waals surface area contributed by atoms with Crippen LogP contribution in [-0.2, 0) is 9.59 Å². The molecule has 1 saturated carbocycles. The smallest absolute Gasteiger partial charge is 0.329 e. The van der Waals surface area contributed by atoms with Crippen LogP contribution < -0.4 is 5.32 Å². The van der Waals surface area contributed by atoms with E-state index in [2.05, 4.69) is 12.2 Å². The largest absolute Gasteiger partial charge is 0.480 e. The SMILES string of the molecule is C#CC(=O)NC1(C(=O)O)CCC(C)CC1. The third kappa shape index (κ3) is 2.50. The molecule has 2 N–H and O–H groups in total. The van der Waals surface area contributed by atoms with Gasteiger partial charge in [0.2, 0.25) is 0 Å². The molecule has 0 heterocycles. The van der Waals surface area contributed by atoms with Crippen molar-refractivity contribution in [3.8, 4) is 12.3 Å². The Bertz CT molecular complexity index is 308. The minimum Gasteiger partial charge on any atom is -0.480 e. The molecule has 4 heteroatoms. The number of amides is 1. The molecule has 0 unspecified atom stereocenters. The van der Waals surface area contributed by atoms with Crippen molar-refractivity contribution in [1.29, 1.82) is 0 Å². The Balaban J connectivity index is 2.77. The monoisotopic (exact) mass is 209 g/mol. The van der Waals surface area contributed by atoms with Crippen molar-refractivity contribution < 1.29 is 14.7 Å². The van der Waals surface area contributed by atoms with Crippen LogP contribution in [0.3, 0.4) is 0 Å². The second kappa shape index (κ2) is 4.35. The minimum atomic E-state index is -1.14. The predicted molar refractivity (Wildman–Crippen MR) is 55.0 cm³/mol. The van der Waals surface area contributed by atoms with Crippen LogP contribution in [0, 0.1) is 18.3 Å². The highest BCUT2D eigenvalue weighted by Crippen LogP contribution is 2.32. The second-order valence-electron chi connectivity index (χ2n) is 4.17. The van der Waals surface area contributed by atoms with E-state index in [4.69, 9.17) is 11.5 Å². The molecule has 0 aromatic carbocycles. The van der Waals surface area contributed by atoms with Gasteiger partial charge >= 0.3 is 5.97 Å². The lowest BCUT2D eigenvalue weighted by Crippen LogP contribution is -2.56. The first kappa shape index (κ1) is 11.6. The molecule has 0 atom stereocenters. The molecule has 0 spiro atoms. The summed E-state index contributed by atoms with van der Waals surface area (Å²) in [6.45, 7) is 2.08. The molecular weight excluding hydrogens is 194 g/mol. The van der Waals surface area contributed by atoms with Gasteiger partial charge in [0.25, 0.3) is 5.91 Å². The summed E-state index contributed by atoms with van der Waals surface area (Å²) in [5, 5.41) is 11.6. The van der Waals surface area contributed by atoms with Gasteiger partial charge in [-0.1, -0.05) is 6.92 Å². The molecule has 1 aliphatic rings. The molecule has 82 valence electrons. The van der Waals surface area contributed by atoms with E-state index in [0.29, 0.717) is 18.8 Å². The highest BCUT2D eigenvalue weighted by molar-refractivity contribution is 5.96. The van der Waals surface area contributed by atoms with Gasteiger partial charge in [-0.3, -0.25) is 4.79 Å². The summed E-state index contributed by atoms with van der Waals surface area (Å²) in [4.78, 5) is 22.2.